The van der Waals surface area contributed by atoms with E-state index in [1.54, 1.807) is 0 Å². The molecule has 0 aromatic carbocycles. The van der Waals surface area contributed by atoms with Crippen molar-refractivity contribution in [3.8, 4) is 0 Å². The zero-order valence-corrected chi connectivity index (χ0v) is 6.76. The normalized spacial score (nSPS) is 15.1. The molecule has 0 fully saturated rings. The first-order valence-electron chi connectivity index (χ1n) is 3.03. The average Bonchev–Trinajstić information content (AvgIpc) is 1.59. The third-order valence-electron chi connectivity index (χ3n) is 1.02. The van der Waals surface area contributed by atoms with Gasteiger partial charge in [-0.25, -0.2) is 8.42 Å². The van der Waals surface area contributed by atoms with Gasteiger partial charge >= 0.3 is 0 Å². The molecule has 0 amide bonds. The lowest BCUT2D eigenvalue weighted by Crippen LogP contribution is -2.19. The molecule has 0 aromatic rings. The minimum Gasteiger partial charge on any atom is -0.379 e. The lowest BCUT2D eigenvalue weighted by Gasteiger charge is -2.01. The lowest BCUT2D eigenvalue weighted by molar-refractivity contribution is 0.171. The van der Waals surface area contributed by atoms with Crippen LogP contribution >= 0.6 is 0 Å². The topological polar surface area (TPSA) is 80.4 Å². The highest BCUT2D eigenvalue weighted by atomic mass is 32.2. The molecule has 0 saturated heterocycles. The number of nitrogens with two attached hydrogens (primary N) is 1. The van der Waals surface area contributed by atoms with Gasteiger partial charge in [0.15, 0.2) is 0 Å². The first-order valence-corrected chi connectivity index (χ1v) is 5.09. The van der Waals surface area contributed by atoms with Crippen LogP contribution in [0.1, 0.15) is 12.8 Å². The summed E-state index contributed by atoms with van der Waals surface area (Å²) in [5, 5.41) is 8.53. The van der Waals surface area contributed by atoms with Crippen LogP contribution in [0.5, 0.6) is 0 Å². The van der Waals surface area contributed by atoms with Crippen LogP contribution in [0.3, 0.4) is 0 Å². The standard InChI is InChI=1S/C5H13NO3S/c1-10(8,9)4-2-3-5(6)7/h5,7H,2-4,6H2,1H3. The fraction of sp³-hybridized carbons (Fsp3) is 1.00. The zero-order valence-electron chi connectivity index (χ0n) is 5.95. The Balaban J connectivity index is 3.39. The van der Waals surface area contributed by atoms with E-state index in [-0.39, 0.29) is 5.75 Å². The Morgan fingerprint density at radius 1 is 1.60 bits per heavy atom. The maximum atomic E-state index is 10.5. The zero-order chi connectivity index (χ0) is 8.20. The van der Waals surface area contributed by atoms with E-state index in [1.807, 2.05) is 0 Å². The molecule has 0 spiro atoms. The van der Waals surface area contributed by atoms with Gasteiger partial charge in [0.1, 0.15) is 16.1 Å². The van der Waals surface area contributed by atoms with Crippen molar-refractivity contribution < 1.29 is 13.5 Å². The Morgan fingerprint density at radius 3 is 2.40 bits per heavy atom. The maximum absolute atomic E-state index is 10.5. The molecule has 1 unspecified atom stereocenters. The lowest BCUT2D eigenvalue weighted by atomic mass is 10.3. The van der Waals surface area contributed by atoms with E-state index in [2.05, 4.69) is 0 Å². The molecule has 10 heavy (non-hydrogen) atoms. The Kier molecular flexibility index (Phi) is 3.85. The van der Waals surface area contributed by atoms with Gasteiger partial charge in [0.2, 0.25) is 0 Å². The van der Waals surface area contributed by atoms with E-state index in [0.29, 0.717) is 12.8 Å². The smallest absolute Gasteiger partial charge is 0.147 e. The van der Waals surface area contributed by atoms with Gasteiger partial charge in [0, 0.05) is 6.26 Å². The maximum Gasteiger partial charge on any atom is 0.147 e. The summed E-state index contributed by atoms with van der Waals surface area (Å²) in [6, 6.07) is 0. The molecule has 0 bridgehead atoms. The fourth-order valence-corrected chi connectivity index (χ4v) is 1.25. The molecule has 0 radical (unpaired) electrons. The van der Waals surface area contributed by atoms with E-state index in [1.165, 1.54) is 0 Å². The van der Waals surface area contributed by atoms with E-state index in [9.17, 15) is 8.42 Å². The summed E-state index contributed by atoms with van der Waals surface area (Å²) in [4.78, 5) is 0. The summed E-state index contributed by atoms with van der Waals surface area (Å²) in [5.74, 6) is 0.0985. The van der Waals surface area contributed by atoms with Gasteiger partial charge in [-0.2, -0.15) is 0 Å². The highest BCUT2D eigenvalue weighted by Crippen LogP contribution is 1.94. The molecule has 0 rings (SSSR count). The Morgan fingerprint density at radius 2 is 2.10 bits per heavy atom. The molecule has 1 atom stereocenters. The van der Waals surface area contributed by atoms with Gasteiger partial charge in [-0.15, -0.1) is 0 Å². The molecule has 5 heteroatoms. The first-order chi connectivity index (χ1) is 4.42. The van der Waals surface area contributed by atoms with Crippen molar-refractivity contribution in [3.05, 3.63) is 0 Å². The highest BCUT2D eigenvalue weighted by Gasteiger charge is 2.02. The largest absolute Gasteiger partial charge is 0.379 e. The highest BCUT2D eigenvalue weighted by molar-refractivity contribution is 7.90. The van der Waals surface area contributed by atoms with Crippen LogP contribution in [0, 0.1) is 0 Å². The van der Waals surface area contributed by atoms with Crippen LogP contribution in [0.25, 0.3) is 0 Å². The van der Waals surface area contributed by atoms with Crippen molar-refractivity contribution in [1.29, 1.82) is 0 Å². The third kappa shape index (κ3) is 7.87. The van der Waals surface area contributed by atoms with Crippen molar-refractivity contribution >= 4 is 9.84 Å². The molecule has 0 heterocycles. The summed E-state index contributed by atoms with van der Waals surface area (Å²) in [6.07, 6.45) is 1.04. The molecule has 4 nitrogen and oxygen atoms in total. The van der Waals surface area contributed by atoms with Crippen molar-refractivity contribution in [1.82, 2.24) is 0 Å². The summed E-state index contributed by atoms with van der Waals surface area (Å²) < 4.78 is 21.0. The van der Waals surface area contributed by atoms with Crippen molar-refractivity contribution in [2.24, 2.45) is 5.73 Å². The summed E-state index contributed by atoms with van der Waals surface area (Å²) in [5.41, 5.74) is 4.98. The van der Waals surface area contributed by atoms with Crippen LogP contribution in [0.15, 0.2) is 0 Å². The van der Waals surface area contributed by atoms with E-state index in [0.717, 1.165) is 6.26 Å². The van der Waals surface area contributed by atoms with Gasteiger partial charge in [0.05, 0.1) is 5.75 Å². The predicted molar refractivity (Wildman–Crippen MR) is 39.1 cm³/mol. The summed E-state index contributed by atoms with van der Waals surface area (Å²) in [7, 11) is -2.89. The van der Waals surface area contributed by atoms with Crippen molar-refractivity contribution in [3.63, 3.8) is 0 Å². The summed E-state index contributed by atoms with van der Waals surface area (Å²) >= 11 is 0. The van der Waals surface area contributed by atoms with Crippen LogP contribution in [0.2, 0.25) is 0 Å². The fourth-order valence-electron chi connectivity index (χ4n) is 0.555. The molecule has 0 aliphatic carbocycles. The van der Waals surface area contributed by atoms with Gasteiger partial charge in [-0.3, -0.25) is 0 Å². The van der Waals surface area contributed by atoms with E-state index < -0.39 is 16.1 Å². The van der Waals surface area contributed by atoms with Gasteiger partial charge in [-0.1, -0.05) is 0 Å². The molecular weight excluding hydrogens is 154 g/mol. The second-order valence-electron chi connectivity index (χ2n) is 2.34. The predicted octanol–water partition coefficient (Wildman–Crippen LogP) is -0.912. The van der Waals surface area contributed by atoms with E-state index >= 15 is 0 Å². The number of aliphatic hydroxyl groups excluding tert-OH is 1. The third-order valence-corrected chi connectivity index (χ3v) is 2.05. The van der Waals surface area contributed by atoms with Crippen LogP contribution in [-0.2, 0) is 9.84 Å². The summed E-state index contributed by atoms with van der Waals surface area (Å²) in [6.45, 7) is 0. The van der Waals surface area contributed by atoms with E-state index in [4.69, 9.17) is 10.8 Å². The van der Waals surface area contributed by atoms with Gasteiger partial charge in [0.25, 0.3) is 0 Å². The number of hydrogen-bond acceptors (Lipinski definition) is 4. The first kappa shape index (κ1) is 9.87. The number of rotatable bonds is 4. The molecule has 3 N–H and O–H groups in total. The molecule has 0 aliphatic rings. The Hall–Kier alpha value is -0.130. The second kappa shape index (κ2) is 3.90. The molecule has 0 saturated carbocycles. The van der Waals surface area contributed by atoms with Crippen LogP contribution < -0.4 is 5.73 Å². The van der Waals surface area contributed by atoms with Gasteiger partial charge in [-0.05, 0) is 12.8 Å². The minimum atomic E-state index is -2.89. The molecule has 62 valence electrons. The molecule has 0 aliphatic heterocycles. The second-order valence-corrected chi connectivity index (χ2v) is 4.60. The Labute approximate surface area is 61.0 Å². The average molecular weight is 167 g/mol. The van der Waals surface area contributed by atoms with Crippen LogP contribution in [-0.4, -0.2) is 31.8 Å². The monoisotopic (exact) mass is 167 g/mol. The number of aliphatic hydroxyl groups is 1. The SMILES string of the molecule is CS(=O)(=O)CCCC(N)O. The van der Waals surface area contributed by atoms with Crippen molar-refractivity contribution in [2.45, 2.75) is 19.1 Å². The minimum absolute atomic E-state index is 0.0985. The molecule has 0 aromatic heterocycles. The number of hydrogen-bond donors (Lipinski definition) is 2. The number of sulfone groups is 1. The molecular formula is C5H13NO3S. The quantitative estimate of drug-likeness (QED) is 0.531. The van der Waals surface area contributed by atoms with Gasteiger partial charge < -0.3 is 10.8 Å². The Bertz CT molecular complexity index is 173. The van der Waals surface area contributed by atoms with Crippen LogP contribution in [0.4, 0.5) is 0 Å². The van der Waals surface area contributed by atoms with Crippen molar-refractivity contribution in [2.75, 3.05) is 12.0 Å².